The maximum atomic E-state index is 10.5. The summed E-state index contributed by atoms with van der Waals surface area (Å²) < 4.78 is 4.73. The lowest BCUT2D eigenvalue weighted by Gasteiger charge is -2.28. The third-order valence-electron chi connectivity index (χ3n) is 2.05. The van der Waals surface area contributed by atoms with E-state index in [4.69, 9.17) is 9.84 Å². The van der Waals surface area contributed by atoms with Crippen LogP contribution in [0, 0.1) is 5.92 Å². The van der Waals surface area contributed by atoms with Crippen LogP contribution in [0.3, 0.4) is 0 Å². The number of rotatable bonds is 0. The average Bonchev–Trinajstić information content (AvgIpc) is 2.08. The number of aliphatic hydroxyl groups excluding tert-OH is 1. The molecule has 0 aromatic heterocycles. The van der Waals surface area contributed by atoms with E-state index in [9.17, 15) is 4.79 Å². The van der Waals surface area contributed by atoms with E-state index in [-0.39, 0.29) is 24.1 Å². The third kappa shape index (κ3) is 0.580. The van der Waals surface area contributed by atoms with Gasteiger partial charge in [-0.2, -0.15) is 0 Å². The van der Waals surface area contributed by atoms with E-state index in [1.165, 1.54) is 0 Å². The van der Waals surface area contributed by atoms with Gasteiger partial charge in [-0.1, -0.05) is 0 Å². The Hall–Kier alpha value is -0.570. The van der Waals surface area contributed by atoms with Gasteiger partial charge in [0.2, 0.25) is 0 Å². The Kier molecular flexibility index (Phi) is 0.858. The Morgan fingerprint density at radius 2 is 2.33 bits per heavy atom. The van der Waals surface area contributed by atoms with Crippen molar-refractivity contribution in [1.29, 1.82) is 0 Å². The number of carbonyl (C=O) groups excluding carboxylic acids is 1. The molecule has 0 amide bonds. The average molecular weight is 128 g/mol. The molecule has 1 aliphatic carbocycles. The molecule has 3 atom stereocenters. The zero-order valence-corrected chi connectivity index (χ0v) is 4.91. The summed E-state index contributed by atoms with van der Waals surface area (Å²) in [5.41, 5.74) is 0. The number of ether oxygens (including phenoxy) is 1. The van der Waals surface area contributed by atoms with Crippen LogP contribution < -0.4 is 0 Å². The number of aliphatic hydroxyl groups is 1. The summed E-state index contributed by atoms with van der Waals surface area (Å²) >= 11 is 0. The predicted octanol–water partition coefficient (Wildman–Crippen LogP) is -0.317. The van der Waals surface area contributed by atoms with E-state index in [1.54, 1.807) is 0 Å². The Morgan fingerprint density at radius 3 is 2.78 bits per heavy atom. The molecule has 3 heteroatoms. The first kappa shape index (κ1) is 5.23. The van der Waals surface area contributed by atoms with Gasteiger partial charge >= 0.3 is 5.97 Å². The second-order valence-corrected chi connectivity index (χ2v) is 2.71. The SMILES string of the molecule is O=C1O[C@H]2C[C@@H](O)C[C@@H]12. The Bertz CT molecular complexity index is 154. The molecule has 1 saturated carbocycles. The molecule has 50 valence electrons. The molecule has 1 saturated heterocycles. The molecule has 1 heterocycles. The molecule has 2 rings (SSSR count). The minimum atomic E-state index is -0.300. The molecule has 0 spiro atoms. The molecule has 1 N–H and O–H groups in total. The smallest absolute Gasteiger partial charge is 0.313 e. The molecule has 9 heavy (non-hydrogen) atoms. The van der Waals surface area contributed by atoms with Crippen LogP contribution in [0.2, 0.25) is 0 Å². The van der Waals surface area contributed by atoms with Crippen LogP contribution in [0.4, 0.5) is 0 Å². The molecule has 2 aliphatic rings. The number of fused-ring (bicyclic) bond motifs is 1. The van der Waals surface area contributed by atoms with Crippen molar-refractivity contribution >= 4 is 5.97 Å². The fraction of sp³-hybridized carbons (Fsp3) is 0.833. The molecular weight excluding hydrogens is 120 g/mol. The maximum absolute atomic E-state index is 10.5. The monoisotopic (exact) mass is 128 g/mol. The van der Waals surface area contributed by atoms with Crippen LogP contribution in [-0.4, -0.2) is 23.3 Å². The first-order valence-electron chi connectivity index (χ1n) is 3.16. The van der Waals surface area contributed by atoms with Gasteiger partial charge in [0, 0.05) is 6.42 Å². The highest BCUT2D eigenvalue weighted by molar-refractivity contribution is 5.79. The van der Waals surface area contributed by atoms with Crippen LogP contribution >= 0.6 is 0 Å². The van der Waals surface area contributed by atoms with Gasteiger partial charge in [0.15, 0.2) is 0 Å². The highest BCUT2D eigenvalue weighted by Gasteiger charge is 2.49. The Balaban J connectivity index is 2.08. The van der Waals surface area contributed by atoms with Crippen molar-refractivity contribution in [3.8, 4) is 0 Å². The van der Waals surface area contributed by atoms with Gasteiger partial charge in [0.25, 0.3) is 0 Å². The van der Waals surface area contributed by atoms with E-state index in [0.717, 1.165) is 0 Å². The molecule has 0 unspecified atom stereocenters. The largest absolute Gasteiger partial charge is 0.461 e. The lowest BCUT2D eigenvalue weighted by atomic mass is 10.0. The molecule has 0 aromatic rings. The first-order valence-corrected chi connectivity index (χ1v) is 3.16. The zero-order chi connectivity index (χ0) is 6.43. The Morgan fingerprint density at radius 1 is 1.56 bits per heavy atom. The fourth-order valence-electron chi connectivity index (χ4n) is 1.52. The van der Waals surface area contributed by atoms with Gasteiger partial charge in [0.1, 0.15) is 6.10 Å². The van der Waals surface area contributed by atoms with Crippen LogP contribution in [0.15, 0.2) is 0 Å². The van der Waals surface area contributed by atoms with E-state index in [2.05, 4.69) is 0 Å². The van der Waals surface area contributed by atoms with Crippen molar-refractivity contribution in [3.05, 3.63) is 0 Å². The van der Waals surface area contributed by atoms with Crippen molar-refractivity contribution in [2.45, 2.75) is 25.0 Å². The van der Waals surface area contributed by atoms with Gasteiger partial charge in [-0.25, -0.2) is 0 Å². The predicted molar refractivity (Wildman–Crippen MR) is 28.6 cm³/mol. The van der Waals surface area contributed by atoms with Crippen molar-refractivity contribution in [2.24, 2.45) is 5.92 Å². The topological polar surface area (TPSA) is 46.5 Å². The third-order valence-corrected chi connectivity index (χ3v) is 2.05. The van der Waals surface area contributed by atoms with Gasteiger partial charge in [-0.05, 0) is 6.42 Å². The van der Waals surface area contributed by atoms with Crippen molar-refractivity contribution in [2.75, 3.05) is 0 Å². The van der Waals surface area contributed by atoms with Crippen molar-refractivity contribution in [1.82, 2.24) is 0 Å². The summed E-state index contributed by atoms with van der Waals surface area (Å²) in [6.07, 6.45) is 1.01. The Labute approximate surface area is 52.6 Å². The summed E-state index contributed by atoms with van der Waals surface area (Å²) in [7, 11) is 0. The van der Waals surface area contributed by atoms with Crippen molar-refractivity contribution in [3.63, 3.8) is 0 Å². The highest BCUT2D eigenvalue weighted by atomic mass is 16.6. The first-order chi connectivity index (χ1) is 4.27. The second-order valence-electron chi connectivity index (χ2n) is 2.71. The number of esters is 1. The number of carbonyl (C=O) groups is 1. The fourth-order valence-corrected chi connectivity index (χ4v) is 1.52. The molecule has 3 nitrogen and oxygen atoms in total. The quantitative estimate of drug-likeness (QED) is 0.455. The molecule has 1 aliphatic heterocycles. The molecule has 2 fully saturated rings. The second kappa shape index (κ2) is 1.48. The molecule has 0 radical (unpaired) electrons. The minimum absolute atomic E-state index is 0.0278. The zero-order valence-electron chi connectivity index (χ0n) is 4.91. The summed E-state index contributed by atoms with van der Waals surface area (Å²) in [6.45, 7) is 0. The van der Waals surface area contributed by atoms with Crippen LogP contribution in [-0.2, 0) is 9.53 Å². The van der Waals surface area contributed by atoms with Gasteiger partial charge in [0.05, 0.1) is 12.0 Å². The molecule has 0 bridgehead atoms. The standard InChI is InChI=1S/C6H8O3/c7-3-1-4-5(2-3)9-6(4)8/h3-5,7H,1-2H2/t3-,4+,5-/m0/s1. The van der Waals surface area contributed by atoms with Crippen LogP contribution in [0.1, 0.15) is 12.8 Å². The van der Waals surface area contributed by atoms with Gasteiger partial charge < -0.3 is 9.84 Å². The summed E-state index contributed by atoms with van der Waals surface area (Å²) in [6, 6.07) is 0. The van der Waals surface area contributed by atoms with Gasteiger partial charge in [-0.3, -0.25) is 4.79 Å². The number of hydrogen-bond donors (Lipinski definition) is 1. The van der Waals surface area contributed by atoms with Gasteiger partial charge in [-0.15, -0.1) is 0 Å². The van der Waals surface area contributed by atoms with E-state index in [0.29, 0.717) is 12.8 Å². The maximum Gasteiger partial charge on any atom is 0.313 e. The van der Waals surface area contributed by atoms with E-state index >= 15 is 0 Å². The highest BCUT2D eigenvalue weighted by Crippen LogP contribution is 2.37. The van der Waals surface area contributed by atoms with E-state index < -0.39 is 0 Å². The summed E-state index contributed by atoms with van der Waals surface area (Å²) in [4.78, 5) is 10.5. The summed E-state index contributed by atoms with van der Waals surface area (Å²) in [5, 5.41) is 9.00. The van der Waals surface area contributed by atoms with Crippen molar-refractivity contribution < 1.29 is 14.6 Å². The lowest BCUT2D eigenvalue weighted by Crippen LogP contribution is -2.40. The summed E-state index contributed by atoms with van der Waals surface area (Å²) in [5.74, 6) is -0.100. The molecule has 0 aromatic carbocycles. The molecular formula is C6H8O3. The van der Waals surface area contributed by atoms with Crippen LogP contribution in [0.5, 0.6) is 0 Å². The van der Waals surface area contributed by atoms with Crippen LogP contribution in [0.25, 0.3) is 0 Å². The normalized spacial score (nSPS) is 47.7. The lowest BCUT2D eigenvalue weighted by molar-refractivity contribution is -0.179. The minimum Gasteiger partial charge on any atom is -0.461 e. The number of hydrogen-bond acceptors (Lipinski definition) is 3. The van der Waals surface area contributed by atoms with E-state index in [1.807, 2.05) is 0 Å².